The topological polar surface area (TPSA) is 33.0 Å². The molecule has 102 valence electrons. The van der Waals surface area contributed by atoms with Gasteiger partial charge in [0.25, 0.3) is 0 Å². The van der Waals surface area contributed by atoms with Gasteiger partial charge in [0.15, 0.2) is 0 Å². The predicted molar refractivity (Wildman–Crippen MR) is 84.8 cm³/mol. The number of nitrogens with zero attached hydrogens (tertiary/aromatic N) is 1. The number of halogens is 2. The van der Waals surface area contributed by atoms with E-state index < -0.39 is 0 Å². The van der Waals surface area contributed by atoms with E-state index >= 15 is 0 Å². The van der Waals surface area contributed by atoms with Gasteiger partial charge < -0.3 is 4.74 Å². The zero-order valence-corrected chi connectivity index (χ0v) is 13.5. The van der Waals surface area contributed by atoms with Crippen molar-refractivity contribution >= 4 is 27.5 Å². The first-order chi connectivity index (χ1) is 9.55. The molecule has 20 heavy (non-hydrogen) atoms. The van der Waals surface area contributed by atoms with Crippen LogP contribution in [0.5, 0.6) is 11.5 Å². The first-order valence-corrected chi connectivity index (χ1v) is 7.58. The lowest BCUT2D eigenvalue weighted by Gasteiger charge is -2.13. The Morgan fingerprint density at radius 1 is 1.20 bits per heavy atom. The Morgan fingerprint density at radius 2 is 1.85 bits per heavy atom. The van der Waals surface area contributed by atoms with E-state index in [-0.39, 0.29) is 0 Å². The monoisotopic (exact) mass is 349 g/mol. The summed E-state index contributed by atoms with van der Waals surface area (Å²) in [5.74, 6) is 1.31. The third-order valence-electron chi connectivity index (χ3n) is 2.96. The number of rotatable bonds is 3. The summed E-state index contributed by atoms with van der Waals surface area (Å²) in [6.45, 7) is 3.88. The minimum absolute atomic E-state index is 0.524. The Labute approximate surface area is 132 Å². The van der Waals surface area contributed by atoms with Crippen molar-refractivity contribution in [3.8, 4) is 17.6 Å². The minimum Gasteiger partial charge on any atom is -0.455 e. The fraction of sp³-hybridized carbons (Fsp3) is 0.188. The Kier molecular flexibility index (Phi) is 4.69. The highest BCUT2D eigenvalue weighted by Gasteiger charge is 2.10. The zero-order chi connectivity index (χ0) is 14.7. The summed E-state index contributed by atoms with van der Waals surface area (Å²) in [7, 11) is 0. The van der Waals surface area contributed by atoms with E-state index in [4.69, 9.17) is 16.3 Å². The maximum atomic E-state index is 9.23. The average molecular weight is 351 g/mol. The van der Waals surface area contributed by atoms with Crippen LogP contribution in [0.25, 0.3) is 0 Å². The second-order valence-corrected chi connectivity index (χ2v) is 5.54. The molecule has 0 saturated heterocycles. The van der Waals surface area contributed by atoms with Crippen molar-refractivity contribution < 1.29 is 4.74 Å². The van der Waals surface area contributed by atoms with E-state index in [0.29, 0.717) is 21.7 Å². The maximum Gasteiger partial charge on any atom is 0.145 e. The fourth-order valence-corrected chi connectivity index (χ4v) is 2.68. The van der Waals surface area contributed by atoms with E-state index in [1.54, 1.807) is 0 Å². The highest BCUT2D eigenvalue weighted by molar-refractivity contribution is 9.08. The van der Waals surface area contributed by atoms with Crippen LogP contribution in [0.1, 0.15) is 22.3 Å². The maximum absolute atomic E-state index is 9.23. The van der Waals surface area contributed by atoms with Crippen LogP contribution >= 0.6 is 27.5 Å². The summed E-state index contributed by atoms with van der Waals surface area (Å²) in [4.78, 5) is 0. The van der Waals surface area contributed by atoms with Gasteiger partial charge in [-0.1, -0.05) is 33.6 Å². The molecule has 0 amide bonds. The lowest BCUT2D eigenvalue weighted by atomic mass is 10.1. The van der Waals surface area contributed by atoms with Gasteiger partial charge >= 0.3 is 0 Å². The molecule has 0 spiro atoms. The lowest BCUT2D eigenvalue weighted by molar-refractivity contribution is 0.473. The molecular weight excluding hydrogens is 338 g/mol. The van der Waals surface area contributed by atoms with Crippen LogP contribution in [-0.4, -0.2) is 0 Å². The van der Waals surface area contributed by atoms with Crippen LogP contribution in [0, 0.1) is 25.2 Å². The van der Waals surface area contributed by atoms with Crippen LogP contribution in [-0.2, 0) is 5.33 Å². The molecular formula is C16H13BrClNO. The molecule has 0 unspecified atom stereocenters. The van der Waals surface area contributed by atoms with E-state index in [9.17, 15) is 5.26 Å². The van der Waals surface area contributed by atoms with Crippen LogP contribution in [0.4, 0.5) is 0 Å². The van der Waals surface area contributed by atoms with Gasteiger partial charge in [-0.15, -0.1) is 0 Å². The molecule has 0 fully saturated rings. The third kappa shape index (κ3) is 3.15. The van der Waals surface area contributed by atoms with Crippen molar-refractivity contribution in [3.05, 3.63) is 57.6 Å². The van der Waals surface area contributed by atoms with Crippen molar-refractivity contribution in [2.24, 2.45) is 0 Å². The summed E-state index contributed by atoms with van der Waals surface area (Å²) in [5.41, 5.74) is 3.46. The summed E-state index contributed by atoms with van der Waals surface area (Å²) < 4.78 is 5.92. The molecule has 0 saturated carbocycles. The lowest BCUT2D eigenvalue weighted by Crippen LogP contribution is -1.94. The number of aryl methyl sites for hydroxylation is 2. The molecule has 0 aliphatic rings. The van der Waals surface area contributed by atoms with Gasteiger partial charge in [-0.3, -0.25) is 0 Å². The molecule has 0 atom stereocenters. The molecule has 2 aromatic rings. The molecule has 2 rings (SSSR count). The molecule has 0 radical (unpaired) electrons. The Hall–Kier alpha value is -1.50. The predicted octanol–water partition coefficient (Wildman–Crippen LogP) is 5.52. The molecule has 0 bridgehead atoms. The minimum atomic E-state index is 0.524. The second kappa shape index (κ2) is 6.30. The van der Waals surface area contributed by atoms with Crippen molar-refractivity contribution in [1.29, 1.82) is 5.26 Å². The SMILES string of the molecule is Cc1cc(Cl)cc(C)c1Oc1ccc(CBr)cc1C#N. The zero-order valence-electron chi connectivity index (χ0n) is 11.2. The highest BCUT2D eigenvalue weighted by atomic mass is 79.9. The largest absolute Gasteiger partial charge is 0.455 e. The van der Waals surface area contributed by atoms with Gasteiger partial charge in [0, 0.05) is 10.4 Å². The first-order valence-electron chi connectivity index (χ1n) is 6.08. The van der Waals surface area contributed by atoms with Gasteiger partial charge in [0.2, 0.25) is 0 Å². The van der Waals surface area contributed by atoms with Gasteiger partial charge in [-0.25, -0.2) is 0 Å². The number of hydrogen-bond acceptors (Lipinski definition) is 2. The molecule has 4 heteroatoms. The van der Waals surface area contributed by atoms with Gasteiger partial charge in [0.05, 0.1) is 5.56 Å². The van der Waals surface area contributed by atoms with Crippen LogP contribution in [0.2, 0.25) is 5.02 Å². The van der Waals surface area contributed by atoms with Gasteiger partial charge in [-0.2, -0.15) is 5.26 Å². The van der Waals surface area contributed by atoms with Crippen LogP contribution in [0.15, 0.2) is 30.3 Å². The van der Waals surface area contributed by atoms with Crippen molar-refractivity contribution in [2.75, 3.05) is 0 Å². The van der Waals surface area contributed by atoms with Crippen LogP contribution < -0.4 is 4.74 Å². The highest BCUT2D eigenvalue weighted by Crippen LogP contribution is 2.33. The van der Waals surface area contributed by atoms with Crippen LogP contribution in [0.3, 0.4) is 0 Å². The van der Waals surface area contributed by atoms with Crippen molar-refractivity contribution in [2.45, 2.75) is 19.2 Å². The fourth-order valence-electron chi connectivity index (χ4n) is 2.01. The molecule has 0 heterocycles. The smallest absolute Gasteiger partial charge is 0.145 e. The number of nitriles is 1. The van der Waals surface area contributed by atoms with Crippen molar-refractivity contribution in [3.63, 3.8) is 0 Å². The molecule has 2 nitrogen and oxygen atoms in total. The van der Waals surface area contributed by atoms with E-state index in [0.717, 1.165) is 22.4 Å². The number of ether oxygens (including phenoxy) is 1. The average Bonchev–Trinajstić information content (AvgIpc) is 2.42. The number of benzene rings is 2. The number of hydrogen-bond donors (Lipinski definition) is 0. The van der Waals surface area contributed by atoms with Crippen molar-refractivity contribution in [1.82, 2.24) is 0 Å². The van der Waals surface area contributed by atoms with E-state index in [2.05, 4.69) is 22.0 Å². The Morgan fingerprint density at radius 3 is 2.40 bits per heavy atom. The quantitative estimate of drug-likeness (QED) is 0.683. The normalized spacial score (nSPS) is 10.2. The van der Waals surface area contributed by atoms with E-state index in [1.807, 2.05) is 44.2 Å². The molecule has 2 aromatic carbocycles. The summed E-state index contributed by atoms with van der Waals surface area (Å²) in [5, 5.41) is 10.6. The van der Waals surface area contributed by atoms with Gasteiger partial charge in [-0.05, 0) is 54.8 Å². The summed E-state index contributed by atoms with van der Waals surface area (Å²) >= 11 is 9.39. The standard InChI is InChI=1S/C16H13BrClNO/c1-10-5-14(18)6-11(2)16(10)20-15-4-3-12(8-17)7-13(15)9-19/h3-7H,8H2,1-2H3. The molecule has 0 N–H and O–H groups in total. The molecule has 0 aliphatic carbocycles. The second-order valence-electron chi connectivity index (χ2n) is 4.55. The Balaban J connectivity index is 2.43. The molecule has 0 aliphatic heterocycles. The summed E-state index contributed by atoms with van der Waals surface area (Å²) in [6, 6.07) is 11.5. The number of alkyl halides is 1. The van der Waals surface area contributed by atoms with Gasteiger partial charge in [0.1, 0.15) is 17.6 Å². The summed E-state index contributed by atoms with van der Waals surface area (Å²) in [6.07, 6.45) is 0. The first kappa shape index (κ1) is 14.9. The third-order valence-corrected chi connectivity index (χ3v) is 3.82. The Bertz CT molecular complexity index is 668. The molecule has 0 aromatic heterocycles. The van der Waals surface area contributed by atoms with E-state index in [1.165, 1.54) is 0 Å².